The summed E-state index contributed by atoms with van der Waals surface area (Å²) in [6, 6.07) is 3.22. The third kappa shape index (κ3) is 2.46. The van der Waals surface area contributed by atoms with Crippen LogP contribution in [0, 0.1) is 0 Å². The van der Waals surface area contributed by atoms with E-state index in [9.17, 15) is 5.11 Å². The zero-order chi connectivity index (χ0) is 12.1. The second-order valence-corrected chi connectivity index (χ2v) is 3.40. The van der Waals surface area contributed by atoms with Gasteiger partial charge in [0.2, 0.25) is 5.75 Å². The normalized spacial score (nSPS) is 11.9. The first-order valence-electron chi connectivity index (χ1n) is 4.95. The molecular weight excluding hydrogens is 206 g/mol. The second-order valence-electron chi connectivity index (χ2n) is 3.40. The lowest BCUT2D eigenvalue weighted by Crippen LogP contribution is -2.09. The van der Waals surface area contributed by atoms with Gasteiger partial charge < -0.3 is 20.3 Å². The van der Waals surface area contributed by atoms with Crippen molar-refractivity contribution in [2.75, 3.05) is 14.2 Å². The number of hydrogen-bond acceptors (Lipinski definition) is 4. The summed E-state index contributed by atoms with van der Waals surface area (Å²) in [7, 11) is 2.97. The molecule has 88 valence electrons. The Morgan fingerprint density at radius 1 is 1.38 bits per heavy atom. The molecule has 4 nitrogen and oxygen atoms in total. The van der Waals surface area contributed by atoms with Gasteiger partial charge in [-0.05, 0) is 24.1 Å². The number of ether oxygens (including phenoxy) is 2. The molecule has 0 aliphatic heterocycles. The summed E-state index contributed by atoms with van der Waals surface area (Å²) in [4.78, 5) is 0. The van der Waals surface area contributed by atoms with Gasteiger partial charge in [0.15, 0.2) is 11.5 Å². The van der Waals surface area contributed by atoms with Crippen LogP contribution in [0.25, 0.3) is 0 Å². The summed E-state index contributed by atoms with van der Waals surface area (Å²) >= 11 is 0. The van der Waals surface area contributed by atoms with E-state index >= 15 is 0 Å². The van der Waals surface area contributed by atoms with Crippen LogP contribution in [0.3, 0.4) is 0 Å². The highest BCUT2D eigenvalue weighted by atomic mass is 16.5. The van der Waals surface area contributed by atoms with Gasteiger partial charge in [-0.2, -0.15) is 0 Å². The number of hydrogen-bond donors (Lipinski definition) is 2. The number of methoxy groups -OCH3 is 2. The summed E-state index contributed by atoms with van der Waals surface area (Å²) in [5, 5.41) is 9.71. The molecule has 0 saturated carbocycles. The topological polar surface area (TPSA) is 64.7 Å². The van der Waals surface area contributed by atoms with Crippen molar-refractivity contribution in [3.05, 3.63) is 30.4 Å². The first kappa shape index (κ1) is 12.4. The highest BCUT2D eigenvalue weighted by molar-refractivity contribution is 5.53. The number of benzene rings is 1. The number of rotatable bonds is 5. The van der Waals surface area contributed by atoms with Crippen LogP contribution in [0.1, 0.15) is 18.0 Å². The molecule has 0 bridgehead atoms. The predicted molar refractivity (Wildman–Crippen MR) is 63.0 cm³/mol. The molecule has 4 heteroatoms. The van der Waals surface area contributed by atoms with E-state index in [1.807, 2.05) is 0 Å². The molecule has 1 rings (SSSR count). The van der Waals surface area contributed by atoms with Crippen LogP contribution in [0.5, 0.6) is 17.2 Å². The fourth-order valence-corrected chi connectivity index (χ4v) is 1.44. The van der Waals surface area contributed by atoms with Crippen molar-refractivity contribution in [2.45, 2.75) is 12.5 Å². The average molecular weight is 223 g/mol. The Balaban J connectivity index is 3.15. The molecule has 1 atom stereocenters. The van der Waals surface area contributed by atoms with Crippen LogP contribution < -0.4 is 15.2 Å². The van der Waals surface area contributed by atoms with Gasteiger partial charge >= 0.3 is 0 Å². The van der Waals surface area contributed by atoms with Gasteiger partial charge in [0.1, 0.15) is 0 Å². The van der Waals surface area contributed by atoms with Gasteiger partial charge in [-0.1, -0.05) is 6.08 Å². The number of nitrogens with two attached hydrogens (primary N) is 1. The minimum atomic E-state index is -0.180. The third-order valence-electron chi connectivity index (χ3n) is 2.35. The van der Waals surface area contributed by atoms with Crippen LogP contribution in [0.2, 0.25) is 0 Å². The quantitative estimate of drug-likeness (QED) is 0.749. The highest BCUT2D eigenvalue weighted by Gasteiger charge is 2.14. The van der Waals surface area contributed by atoms with Crippen LogP contribution >= 0.6 is 0 Å². The van der Waals surface area contributed by atoms with E-state index in [0.29, 0.717) is 17.9 Å². The highest BCUT2D eigenvalue weighted by Crippen LogP contribution is 2.38. The van der Waals surface area contributed by atoms with Gasteiger partial charge in [-0.15, -0.1) is 6.58 Å². The van der Waals surface area contributed by atoms with E-state index in [1.54, 1.807) is 18.2 Å². The summed E-state index contributed by atoms with van der Waals surface area (Å²) < 4.78 is 10.1. The molecule has 0 amide bonds. The average Bonchev–Trinajstić information content (AvgIpc) is 2.29. The second kappa shape index (κ2) is 5.42. The standard InChI is InChI=1S/C12H17NO3/c1-4-5-9(13)8-6-10(15-2)12(14)11(7-8)16-3/h4,6-7,9,14H,1,5,13H2,2-3H3/t9-/m0/s1. The Bertz CT molecular complexity index is 352. The molecule has 0 spiro atoms. The number of phenols is 1. The molecule has 0 fully saturated rings. The first-order chi connectivity index (χ1) is 7.63. The molecule has 0 aliphatic rings. The lowest BCUT2D eigenvalue weighted by atomic mass is 10.0. The Kier molecular flexibility index (Phi) is 4.19. The van der Waals surface area contributed by atoms with Crippen molar-refractivity contribution in [1.82, 2.24) is 0 Å². The lowest BCUT2D eigenvalue weighted by molar-refractivity contribution is 0.338. The van der Waals surface area contributed by atoms with Crippen LogP contribution in [-0.2, 0) is 0 Å². The molecule has 3 N–H and O–H groups in total. The molecule has 0 saturated heterocycles. The molecular formula is C12H17NO3. The maximum Gasteiger partial charge on any atom is 0.200 e. The van der Waals surface area contributed by atoms with Crippen molar-refractivity contribution in [1.29, 1.82) is 0 Å². The van der Waals surface area contributed by atoms with Crippen molar-refractivity contribution in [3.63, 3.8) is 0 Å². The van der Waals surface area contributed by atoms with Gasteiger partial charge in [0.05, 0.1) is 14.2 Å². The summed E-state index contributed by atoms with van der Waals surface area (Å²) in [6.07, 6.45) is 2.40. The van der Waals surface area contributed by atoms with Crippen LogP contribution in [0.4, 0.5) is 0 Å². The molecule has 16 heavy (non-hydrogen) atoms. The smallest absolute Gasteiger partial charge is 0.200 e. The molecule has 0 aromatic heterocycles. The van der Waals surface area contributed by atoms with Crippen molar-refractivity contribution in [2.24, 2.45) is 5.73 Å². The Morgan fingerprint density at radius 2 is 1.88 bits per heavy atom. The van der Waals surface area contributed by atoms with Crippen LogP contribution in [0.15, 0.2) is 24.8 Å². The molecule has 1 aromatic carbocycles. The summed E-state index contributed by atoms with van der Waals surface area (Å²) in [5.74, 6) is 0.697. The van der Waals surface area contributed by atoms with Crippen LogP contribution in [-0.4, -0.2) is 19.3 Å². The van der Waals surface area contributed by atoms with E-state index in [4.69, 9.17) is 15.2 Å². The van der Waals surface area contributed by atoms with E-state index < -0.39 is 0 Å². The van der Waals surface area contributed by atoms with Crippen molar-refractivity contribution < 1.29 is 14.6 Å². The van der Waals surface area contributed by atoms with E-state index in [1.165, 1.54) is 14.2 Å². The first-order valence-corrected chi connectivity index (χ1v) is 4.95. The number of phenolic OH excluding ortho intramolecular Hbond substituents is 1. The number of aromatic hydroxyl groups is 1. The van der Waals surface area contributed by atoms with E-state index in [-0.39, 0.29) is 11.8 Å². The van der Waals surface area contributed by atoms with Crippen molar-refractivity contribution in [3.8, 4) is 17.2 Å². The Morgan fingerprint density at radius 3 is 2.25 bits per heavy atom. The maximum absolute atomic E-state index is 9.71. The molecule has 0 radical (unpaired) electrons. The van der Waals surface area contributed by atoms with Gasteiger partial charge in [-0.25, -0.2) is 0 Å². The molecule has 1 aromatic rings. The summed E-state index contributed by atoms with van der Waals surface area (Å²) in [5.41, 5.74) is 6.78. The minimum Gasteiger partial charge on any atom is -0.502 e. The molecule has 0 heterocycles. The Hall–Kier alpha value is -1.68. The molecule has 0 aliphatic carbocycles. The fraction of sp³-hybridized carbons (Fsp3) is 0.333. The lowest BCUT2D eigenvalue weighted by Gasteiger charge is -2.14. The maximum atomic E-state index is 9.71. The van der Waals surface area contributed by atoms with Crippen molar-refractivity contribution >= 4 is 0 Å². The van der Waals surface area contributed by atoms with Gasteiger partial charge in [0.25, 0.3) is 0 Å². The van der Waals surface area contributed by atoms with Gasteiger partial charge in [-0.3, -0.25) is 0 Å². The minimum absolute atomic E-state index is 0.0143. The monoisotopic (exact) mass is 223 g/mol. The largest absolute Gasteiger partial charge is 0.502 e. The zero-order valence-corrected chi connectivity index (χ0v) is 9.56. The fourth-order valence-electron chi connectivity index (χ4n) is 1.44. The third-order valence-corrected chi connectivity index (χ3v) is 2.35. The SMILES string of the molecule is C=CC[C@H](N)c1cc(OC)c(O)c(OC)c1. The van der Waals surface area contributed by atoms with E-state index in [2.05, 4.69) is 6.58 Å². The molecule has 0 unspecified atom stereocenters. The Labute approximate surface area is 95.3 Å². The predicted octanol–water partition coefficient (Wildman–Crippen LogP) is 1.99. The zero-order valence-electron chi connectivity index (χ0n) is 9.56. The van der Waals surface area contributed by atoms with E-state index in [0.717, 1.165) is 5.56 Å². The van der Waals surface area contributed by atoms with Gasteiger partial charge in [0, 0.05) is 6.04 Å². The summed E-state index contributed by atoms with van der Waals surface area (Å²) in [6.45, 7) is 3.64.